The first-order valence-electron chi connectivity index (χ1n) is 12.3. The molecule has 0 aromatic heterocycles. The van der Waals surface area contributed by atoms with Crippen molar-refractivity contribution >= 4 is 23.1 Å². The van der Waals surface area contributed by atoms with Gasteiger partial charge in [0.05, 0.1) is 10.6 Å². The molecule has 190 valence electrons. The Hall–Kier alpha value is -4.33. The van der Waals surface area contributed by atoms with E-state index < -0.39 is 5.41 Å². The van der Waals surface area contributed by atoms with E-state index in [1.165, 1.54) is 0 Å². The van der Waals surface area contributed by atoms with E-state index in [9.17, 15) is 10.1 Å². The van der Waals surface area contributed by atoms with Crippen molar-refractivity contribution in [3.8, 4) is 22.9 Å². The van der Waals surface area contributed by atoms with Crippen molar-refractivity contribution in [3.63, 3.8) is 0 Å². The predicted octanol–water partition coefficient (Wildman–Crippen LogP) is 8.30. The smallest absolute Gasteiger partial charge is 0.255 e. The quantitative estimate of drug-likeness (QED) is 0.249. The van der Waals surface area contributed by atoms with Gasteiger partial charge in [-0.15, -0.1) is 0 Å². The highest BCUT2D eigenvalue weighted by Crippen LogP contribution is 2.32. The number of ether oxygens (including phenoxy) is 1. The first kappa shape index (κ1) is 26.7. The van der Waals surface area contributed by atoms with Crippen LogP contribution in [0.15, 0.2) is 109 Å². The Labute approximate surface area is 229 Å². The molecule has 4 aromatic rings. The highest BCUT2D eigenvalue weighted by Gasteiger charge is 2.25. The molecular weight excluding hydrogens is 492 g/mol. The van der Waals surface area contributed by atoms with Crippen LogP contribution in [0, 0.1) is 16.7 Å². The SMILES string of the molecule is CC(C)(C)C(NC(=O)c1ccc(OCc2ccccc2)c(Cl)c1)=C(C#N)c1ccc(-c2ccccc2)cc1. The zero-order valence-electron chi connectivity index (χ0n) is 21.7. The second kappa shape index (κ2) is 11.8. The number of hydrogen-bond acceptors (Lipinski definition) is 3. The third kappa shape index (κ3) is 6.51. The number of rotatable bonds is 7. The summed E-state index contributed by atoms with van der Waals surface area (Å²) in [7, 11) is 0. The Morgan fingerprint density at radius 3 is 2.00 bits per heavy atom. The highest BCUT2D eigenvalue weighted by molar-refractivity contribution is 6.32. The normalized spacial score (nSPS) is 11.8. The molecule has 0 fully saturated rings. The van der Waals surface area contributed by atoms with Gasteiger partial charge >= 0.3 is 0 Å². The monoisotopic (exact) mass is 520 g/mol. The molecule has 0 aliphatic heterocycles. The lowest BCUT2D eigenvalue weighted by molar-refractivity contribution is 0.0958. The van der Waals surface area contributed by atoms with E-state index in [2.05, 4.69) is 11.4 Å². The molecule has 0 aliphatic carbocycles. The van der Waals surface area contributed by atoms with Crippen LogP contribution >= 0.6 is 11.6 Å². The lowest BCUT2D eigenvalue weighted by atomic mass is 9.86. The molecule has 0 saturated heterocycles. The van der Waals surface area contributed by atoms with Crippen LogP contribution < -0.4 is 10.1 Å². The van der Waals surface area contributed by atoms with E-state index in [-0.39, 0.29) is 5.91 Å². The van der Waals surface area contributed by atoms with Crippen LogP contribution in [0.2, 0.25) is 5.02 Å². The van der Waals surface area contributed by atoms with Gasteiger partial charge in [-0.3, -0.25) is 4.79 Å². The fraction of sp³-hybridized carbons (Fsp3) is 0.152. The van der Waals surface area contributed by atoms with Gasteiger partial charge in [-0.25, -0.2) is 0 Å². The number of hydrogen-bond donors (Lipinski definition) is 1. The topological polar surface area (TPSA) is 62.1 Å². The third-order valence-electron chi connectivity index (χ3n) is 6.06. The van der Waals surface area contributed by atoms with Gasteiger partial charge in [0, 0.05) is 16.7 Å². The number of nitriles is 1. The molecule has 38 heavy (non-hydrogen) atoms. The summed E-state index contributed by atoms with van der Waals surface area (Å²) in [5, 5.41) is 13.5. The Morgan fingerprint density at radius 2 is 1.42 bits per heavy atom. The van der Waals surface area contributed by atoms with Crippen molar-refractivity contribution in [1.82, 2.24) is 5.32 Å². The van der Waals surface area contributed by atoms with Gasteiger partial charge in [0.25, 0.3) is 5.91 Å². The Kier molecular flexibility index (Phi) is 8.31. The van der Waals surface area contributed by atoms with Gasteiger partial charge in [0.2, 0.25) is 0 Å². The van der Waals surface area contributed by atoms with Crippen molar-refractivity contribution in [3.05, 3.63) is 131 Å². The number of nitrogens with zero attached hydrogens (tertiary/aromatic N) is 1. The van der Waals surface area contributed by atoms with Crippen LogP contribution in [0.3, 0.4) is 0 Å². The standard InChI is InChI=1S/C33H29ClN2O2/c1-33(2,3)31(28(21-35)26-16-14-25(15-17-26)24-12-8-5-9-13-24)36-32(37)27-18-19-30(29(34)20-27)38-22-23-10-6-4-7-11-23/h4-20H,22H2,1-3H3,(H,36,37). The average Bonchev–Trinajstić information content (AvgIpc) is 2.93. The molecule has 0 radical (unpaired) electrons. The van der Waals surface area contributed by atoms with Gasteiger partial charge < -0.3 is 10.1 Å². The lowest BCUT2D eigenvalue weighted by Gasteiger charge is -2.25. The summed E-state index contributed by atoms with van der Waals surface area (Å²) >= 11 is 6.45. The number of nitrogens with one attached hydrogen (secondary N) is 1. The van der Waals surface area contributed by atoms with E-state index in [1.807, 2.05) is 106 Å². The molecule has 4 rings (SSSR count). The van der Waals surface area contributed by atoms with Crippen LogP contribution in [0.4, 0.5) is 0 Å². The molecule has 5 heteroatoms. The highest BCUT2D eigenvalue weighted by atomic mass is 35.5. The molecule has 0 atom stereocenters. The zero-order valence-corrected chi connectivity index (χ0v) is 22.4. The van der Waals surface area contributed by atoms with Gasteiger partial charge in [0.1, 0.15) is 18.4 Å². The third-order valence-corrected chi connectivity index (χ3v) is 6.36. The minimum Gasteiger partial charge on any atom is -0.487 e. The molecule has 0 saturated carbocycles. The Morgan fingerprint density at radius 1 is 0.842 bits per heavy atom. The minimum absolute atomic E-state index is 0.340. The number of benzene rings is 4. The van der Waals surface area contributed by atoms with E-state index in [1.54, 1.807) is 18.2 Å². The minimum atomic E-state index is -0.499. The molecule has 4 aromatic carbocycles. The predicted molar refractivity (Wildman–Crippen MR) is 154 cm³/mol. The number of allylic oxidation sites excluding steroid dienone is 2. The molecule has 1 amide bonds. The summed E-state index contributed by atoms with van der Waals surface area (Å²) in [5.74, 6) is 0.148. The van der Waals surface area contributed by atoms with Crippen LogP contribution in [-0.2, 0) is 6.61 Å². The number of carbonyl (C=O) groups is 1. The molecule has 0 unspecified atom stereocenters. The largest absolute Gasteiger partial charge is 0.487 e. The van der Waals surface area contributed by atoms with Crippen molar-refractivity contribution < 1.29 is 9.53 Å². The molecule has 0 bridgehead atoms. The summed E-state index contributed by atoms with van der Waals surface area (Å²) < 4.78 is 5.83. The second-order valence-corrected chi connectivity index (χ2v) is 10.3. The average molecular weight is 521 g/mol. The molecule has 1 N–H and O–H groups in total. The molecular formula is C33H29ClN2O2. The summed E-state index contributed by atoms with van der Waals surface area (Å²) in [6, 6.07) is 34.9. The van der Waals surface area contributed by atoms with E-state index >= 15 is 0 Å². The van der Waals surface area contributed by atoms with Gasteiger partial charge in [-0.1, -0.05) is 117 Å². The van der Waals surface area contributed by atoms with E-state index in [0.29, 0.717) is 34.2 Å². The molecule has 4 nitrogen and oxygen atoms in total. The maximum absolute atomic E-state index is 13.3. The zero-order chi connectivity index (χ0) is 27.1. The van der Waals surface area contributed by atoms with Crippen LogP contribution in [-0.4, -0.2) is 5.91 Å². The maximum Gasteiger partial charge on any atom is 0.255 e. The fourth-order valence-electron chi connectivity index (χ4n) is 4.03. The molecule has 0 aliphatic rings. The second-order valence-electron chi connectivity index (χ2n) is 9.93. The molecule has 0 spiro atoms. The summed E-state index contributed by atoms with van der Waals surface area (Å²) in [6.45, 7) is 6.26. The van der Waals surface area contributed by atoms with Gasteiger partial charge in [0.15, 0.2) is 0 Å². The summed E-state index contributed by atoms with van der Waals surface area (Å²) in [4.78, 5) is 13.3. The number of amides is 1. The fourth-order valence-corrected chi connectivity index (χ4v) is 4.26. The lowest BCUT2D eigenvalue weighted by Crippen LogP contribution is -2.31. The van der Waals surface area contributed by atoms with Crippen molar-refractivity contribution in [2.75, 3.05) is 0 Å². The number of carbonyl (C=O) groups excluding carboxylic acids is 1. The van der Waals surface area contributed by atoms with Crippen LogP contribution in [0.5, 0.6) is 5.75 Å². The van der Waals surface area contributed by atoms with Gasteiger partial charge in [-0.2, -0.15) is 5.26 Å². The van der Waals surface area contributed by atoms with Crippen LogP contribution in [0.25, 0.3) is 16.7 Å². The first-order valence-corrected chi connectivity index (χ1v) is 12.7. The summed E-state index contributed by atoms with van der Waals surface area (Å²) in [6.07, 6.45) is 0. The molecule has 0 heterocycles. The van der Waals surface area contributed by atoms with E-state index in [0.717, 1.165) is 22.3 Å². The summed E-state index contributed by atoms with van der Waals surface area (Å²) in [5.41, 5.74) is 4.74. The Bertz CT molecular complexity index is 1480. The van der Waals surface area contributed by atoms with Gasteiger partial charge in [-0.05, 0) is 40.5 Å². The Balaban J connectivity index is 1.57. The maximum atomic E-state index is 13.3. The first-order chi connectivity index (χ1) is 18.3. The van der Waals surface area contributed by atoms with Crippen molar-refractivity contribution in [2.45, 2.75) is 27.4 Å². The number of halogens is 1. The van der Waals surface area contributed by atoms with Crippen molar-refractivity contribution in [2.24, 2.45) is 5.41 Å². The van der Waals surface area contributed by atoms with Crippen LogP contribution in [0.1, 0.15) is 42.3 Å². The van der Waals surface area contributed by atoms with E-state index in [4.69, 9.17) is 16.3 Å². The van der Waals surface area contributed by atoms with Crippen molar-refractivity contribution in [1.29, 1.82) is 5.26 Å².